The van der Waals surface area contributed by atoms with Crippen LogP contribution in [0.3, 0.4) is 0 Å². The zero-order chi connectivity index (χ0) is 30.7. The van der Waals surface area contributed by atoms with Gasteiger partial charge in [-0.25, -0.2) is 4.79 Å². The first-order chi connectivity index (χ1) is 20.6. The molecular weight excluding hydrogens is 554 g/mol. The summed E-state index contributed by atoms with van der Waals surface area (Å²) < 4.78 is 12.7. The Kier molecular flexibility index (Phi) is 9.11. The monoisotopic (exact) mass is 593 g/mol. The number of nitrogens with one attached hydrogen (secondary N) is 2. The van der Waals surface area contributed by atoms with Gasteiger partial charge in [0.2, 0.25) is 11.8 Å². The Labute approximate surface area is 250 Å². The summed E-state index contributed by atoms with van der Waals surface area (Å²) in [6.07, 6.45) is 0.488. The van der Waals surface area contributed by atoms with Crippen molar-refractivity contribution in [3.05, 3.63) is 53.9 Å². The number of hydrogen-bond donors (Lipinski definition) is 3. The van der Waals surface area contributed by atoms with Gasteiger partial charge in [0.1, 0.15) is 12.0 Å². The Morgan fingerprint density at radius 3 is 2.49 bits per heavy atom. The summed E-state index contributed by atoms with van der Waals surface area (Å²) in [7, 11) is 1.88. The number of aromatic nitrogens is 3. The first kappa shape index (κ1) is 30.2. The van der Waals surface area contributed by atoms with Gasteiger partial charge in [-0.1, -0.05) is 38.1 Å². The van der Waals surface area contributed by atoms with Crippen LogP contribution in [0.1, 0.15) is 50.5 Å². The van der Waals surface area contributed by atoms with Crippen LogP contribution in [-0.2, 0) is 16.6 Å². The van der Waals surface area contributed by atoms with Gasteiger partial charge in [-0.15, -0.1) is 0 Å². The predicted molar refractivity (Wildman–Crippen MR) is 156 cm³/mol. The van der Waals surface area contributed by atoms with E-state index in [1.165, 1.54) is 11.0 Å². The normalized spacial score (nSPS) is 20.2. The predicted octanol–water partition coefficient (Wildman–Crippen LogP) is 2.06. The Morgan fingerprint density at radius 1 is 1.12 bits per heavy atom. The number of nitrogens with zero attached hydrogens (tertiary/aromatic N) is 5. The molecule has 0 spiro atoms. The molecule has 5 rings (SSSR count). The van der Waals surface area contributed by atoms with E-state index < -0.39 is 24.2 Å². The molecule has 2 aliphatic rings. The molecule has 0 radical (unpaired) electrons. The first-order valence-electron chi connectivity index (χ1n) is 14.6. The Morgan fingerprint density at radius 2 is 1.84 bits per heavy atom. The maximum Gasteiger partial charge on any atom is 0.416 e. The van der Waals surface area contributed by atoms with Crippen LogP contribution in [-0.4, -0.2) is 92.6 Å². The highest BCUT2D eigenvalue weighted by atomic mass is 16.6. The number of carbonyl (C=O) groups excluding carboxylic acids is 3. The number of β-amino-alcohol motifs (C(OH)–C–C–N with tert-alkyl or cyclic N) is 1. The number of rotatable bonds is 8. The number of aliphatic hydroxyl groups excluding tert-OH is 1. The molecule has 0 aliphatic carbocycles. The number of piperazine rings is 1. The lowest BCUT2D eigenvalue weighted by Gasteiger charge is -2.29. The molecule has 230 valence electrons. The highest BCUT2D eigenvalue weighted by molar-refractivity contribution is 5.91. The lowest BCUT2D eigenvalue weighted by Crippen LogP contribution is -2.48. The van der Waals surface area contributed by atoms with Crippen LogP contribution < -0.4 is 15.4 Å². The molecular formula is C30H39N7O6. The number of aryl methyl sites for hydroxylation is 1. The van der Waals surface area contributed by atoms with Gasteiger partial charge in [0.15, 0.2) is 5.76 Å². The number of ether oxygens (including phenoxy) is 1. The maximum absolute atomic E-state index is 13.9. The number of aliphatic hydroxyl groups is 1. The summed E-state index contributed by atoms with van der Waals surface area (Å²) >= 11 is 0. The average molecular weight is 594 g/mol. The van der Waals surface area contributed by atoms with E-state index in [4.69, 9.17) is 9.26 Å². The zero-order valence-corrected chi connectivity index (χ0v) is 24.9. The molecule has 0 bridgehead atoms. The third kappa shape index (κ3) is 6.73. The van der Waals surface area contributed by atoms with E-state index in [0.717, 1.165) is 16.8 Å². The van der Waals surface area contributed by atoms with Gasteiger partial charge in [0.25, 0.3) is 5.88 Å². The molecule has 2 aromatic heterocycles. The van der Waals surface area contributed by atoms with E-state index in [1.54, 1.807) is 15.8 Å². The molecule has 4 heterocycles. The molecule has 3 aromatic rings. The van der Waals surface area contributed by atoms with Crippen molar-refractivity contribution in [3.63, 3.8) is 0 Å². The zero-order valence-electron chi connectivity index (χ0n) is 24.9. The lowest BCUT2D eigenvalue weighted by atomic mass is 9.91. The van der Waals surface area contributed by atoms with Crippen molar-refractivity contribution in [2.45, 2.75) is 51.3 Å². The number of likely N-dealkylation sites (tertiary alicyclic amines) is 1. The van der Waals surface area contributed by atoms with Gasteiger partial charge in [0, 0.05) is 58.5 Å². The van der Waals surface area contributed by atoms with Gasteiger partial charge in [-0.3, -0.25) is 14.3 Å². The van der Waals surface area contributed by atoms with Crippen LogP contribution >= 0.6 is 0 Å². The van der Waals surface area contributed by atoms with Crippen molar-refractivity contribution in [2.24, 2.45) is 13.0 Å². The molecule has 4 atom stereocenters. The highest BCUT2D eigenvalue weighted by Crippen LogP contribution is 2.33. The van der Waals surface area contributed by atoms with Gasteiger partial charge in [0.05, 0.1) is 17.8 Å². The van der Waals surface area contributed by atoms with Gasteiger partial charge in [-0.2, -0.15) is 5.10 Å². The molecule has 13 heteroatoms. The molecule has 0 saturated carbocycles. The Balaban J connectivity index is 1.25. The smallest absolute Gasteiger partial charge is 0.391 e. The van der Waals surface area contributed by atoms with E-state index in [1.807, 2.05) is 58.2 Å². The van der Waals surface area contributed by atoms with Crippen molar-refractivity contribution in [1.29, 1.82) is 0 Å². The van der Waals surface area contributed by atoms with E-state index in [2.05, 4.69) is 20.9 Å². The van der Waals surface area contributed by atoms with Crippen LogP contribution in [0, 0.1) is 5.92 Å². The maximum atomic E-state index is 13.9. The molecule has 2 saturated heterocycles. The van der Waals surface area contributed by atoms with Crippen molar-refractivity contribution < 1.29 is 28.8 Å². The van der Waals surface area contributed by atoms with Crippen molar-refractivity contribution in [2.75, 3.05) is 32.7 Å². The van der Waals surface area contributed by atoms with E-state index in [-0.39, 0.29) is 48.4 Å². The quantitative estimate of drug-likeness (QED) is 0.356. The van der Waals surface area contributed by atoms with E-state index in [0.29, 0.717) is 26.2 Å². The minimum absolute atomic E-state index is 0.0207. The van der Waals surface area contributed by atoms with Crippen LogP contribution in [0.15, 0.2) is 47.1 Å². The van der Waals surface area contributed by atoms with Crippen LogP contribution in [0.25, 0.3) is 11.3 Å². The largest absolute Gasteiger partial charge is 0.416 e. The van der Waals surface area contributed by atoms with Crippen molar-refractivity contribution >= 4 is 17.9 Å². The molecule has 2 aliphatic heterocycles. The molecule has 43 heavy (non-hydrogen) atoms. The molecule has 1 unspecified atom stereocenters. The molecule has 2 fully saturated rings. The van der Waals surface area contributed by atoms with Crippen molar-refractivity contribution in [3.8, 4) is 17.1 Å². The summed E-state index contributed by atoms with van der Waals surface area (Å²) in [4.78, 5) is 42.8. The summed E-state index contributed by atoms with van der Waals surface area (Å²) in [6, 6.07) is 10.0. The minimum Gasteiger partial charge on any atom is -0.391 e. The standard InChI is InChI=1S/C30H39N7O6/c1-18(2)27(25-16-26(34-43-25)42-30(41)36-13-11-31-12-14-36)29(40)37-17-22(38)15-24(37)28(39)33-19(3)20-5-7-21(8-6-20)23-9-10-32-35(23)4/h5-10,16,18-19,22,24,27,31,38H,11-15,17H2,1-4H3,(H,33,39)/t19-,22+,24-,27?/m0/s1. The van der Waals surface area contributed by atoms with E-state index in [9.17, 15) is 19.5 Å². The molecule has 3 amide bonds. The molecule has 13 nitrogen and oxygen atoms in total. The SMILES string of the molecule is CC(C)C(C(=O)N1C[C@H](O)C[C@H]1C(=O)N[C@@H](C)c1ccc(-c2ccnn2C)cc1)c1cc(OC(=O)N2CCNCC2)no1. The van der Waals surface area contributed by atoms with E-state index >= 15 is 0 Å². The summed E-state index contributed by atoms with van der Waals surface area (Å²) in [5, 5.41) is 24.8. The third-order valence-electron chi connectivity index (χ3n) is 8.06. The second kappa shape index (κ2) is 13.0. The summed E-state index contributed by atoms with van der Waals surface area (Å²) in [6.45, 7) is 8.01. The fourth-order valence-corrected chi connectivity index (χ4v) is 5.68. The van der Waals surface area contributed by atoms with Gasteiger partial charge < -0.3 is 34.8 Å². The summed E-state index contributed by atoms with van der Waals surface area (Å²) in [5.41, 5.74) is 2.89. The third-order valence-corrected chi connectivity index (χ3v) is 8.06. The average Bonchev–Trinajstić information content (AvgIpc) is 3.73. The topological polar surface area (TPSA) is 155 Å². The van der Waals surface area contributed by atoms with Crippen molar-refractivity contribution in [1.82, 2.24) is 35.4 Å². The van der Waals surface area contributed by atoms with Crippen LogP contribution in [0.5, 0.6) is 5.88 Å². The number of amides is 3. The Hall–Kier alpha value is -4.23. The number of carbonyl (C=O) groups is 3. The van der Waals surface area contributed by atoms with Crippen LogP contribution in [0.2, 0.25) is 0 Å². The lowest BCUT2D eigenvalue weighted by molar-refractivity contribution is -0.141. The van der Waals surface area contributed by atoms with Gasteiger partial charge in [-0.05, 0) is 35.2 Å². The Bertz CT molecular complexity index is 1430. The fraction of sp³-hybridized carbons (Fsp3) is 0.500. The molecule has 1 aromatic carbocycles. The first-order valence-corrected chi connectivity index (χ1v) is 14.6. The van der Waals surface area contributed by atoms with Crippen LogP contribution in [0.4, 0.5) is 4.79 Å². The number of benzene rings is 1. The second-order valence-electron chi connectivity index (χ2n) is 11.5. The fourth-order valence-electron chi connectivity index (χ4n) is 5.68. The minimum atomic E-state index is -0.854. The molecule has 3 N–H and O–H groups in total. The highest BCUT2D eigenvalue weighted by Gasteiger charge is 2.43. The second-order valence-corrected chi connectivity index (χ2v) is 11.5. The van der Waals surface area contributed by atoms with Gasteiger partial charge >= 0.3 is 6.09 Å². The number of hydrogen-bond acceptors (Lipinski definition) is 9. The summed E-state index contributed by atoms with van der Waals surface area (Å²) in [5.74, 6) is -1.54.